The second kappa shape index (κ2) is 6.72. The van der Waals surface area contributed by atoms with Crippen LogP contribution in [0.1, 0.15) is 24.5 Å². The van der Waals surface area contributed by atoms with Gasteiger partial charge >= 0.3 is 0 Å². The number of benzene rings is 1. The van der Waals surface area contributed by atoms with Crippen LogP contribution < -0.4 is 4.72 Å². The number of nitrogens with one attached hydrogen (secondary N) is 1. The Morgan fingerprint density at radius 1 is 1.32 bits per heavy atom. The SMILES string of the molecule is CSC(C)CCNS(=O)(=O)c1c(C)cc(F)cc1C. The molecule has 0 spiro atoms. The maximum absolute atomic E-state index is 13.2. The average Bonchev–Trinajstić information content (AvgIpc) is 2.26. The molecule has 19 heavy (non-hydrogen) atoms. The Kier molecular flexibility index (Phi) is 5.82. The first kappa shape index (κ1) is 16.5. The lowest BCUT2D eigenvalue weighted by molar-refractivity contribution is 0.576. The Morgan fingerprint density at radius 2 is 1.84 bits per heavy atom. The molecule has 1 unspecified atom stereocenters. The first-order valence-corrected chi connectivity index (χ1v) is 8.84. The monoisotopic (exact) mass is 305 g/mol. The molecular formula is C13H20FNO2S2. The van der Waals surface area contributed by atoms with E-state index in [-0.39, 0.29) is 4.90 Å². The zero-order valence-corrected chi connectivity index (χ0v) is 13.3. The molecule has 1 N–H and O–H groups in total. The number of sulfonamides is 1. The number of hydrogen-bond donors (Lipinski definition) is 1. The fourth-order valence-electron chi connectivity index (χ4n) is 1.91. The summed E-state index contributed by atoms with van der Waals surface area (Å²) in [4.78, 5) is 0.186. The van der Waals surface area contributed by atoms with Crippen molar-refractivity contribution < 1.29 is 12.8 Å². The van der Waals surface area contributed by atoms with Crippen LogP contribution in [0.5, 0.6) is 0 Å². The van der Waals surface area contributed by atoms with Gasteiger partial charge in [0.15, 0.2) is 0 Å². The molecular weight excluding hydrogens is 285 g/mol. The Labute approximate surface area is 119 Å². The van der Waals surface area contributed by atoms with E-state index < -0.39 is 15.8 Å². The van der Waals surface area contributed by atoms with Gasteiger partial charge in [0.25, 0.3) is 0 Å². The van der Waals surface area contributed by atoms with Crippen LogP contribution >= 0.6 is 11.8 Å². The number of hydrogen-bond acceptors (Lipinski definition) is 3. The van der Waals surface area contributed by atoms with Crippen molar-refractivity contribution >= 4 is 21.8 Å². The summed E-state index contributed by atoms with van der Waals surface area (Å²) in [7, 11) is -3.57. The van der Waals surface area contributed by atoms with Crippen molar-refractivity contribution in [2.75, 3.05) is 12.8 Å². The van der Waals surface area contributed by atoms with Gasteiger partial charge in [0, 0.05) is 11.8 Å². The molecule has 1 aromatic carbocycles. The summed E-state index contributed by atoms with van der Waals surface area (Å²) in [6.07, 6.45) is 2.76. The smallest absolute Gasteiger partial charge is 0.211 e. The zero-order valence-electron chi connectivity index (χ0n) is 11.7. The minimum absolute atomic E-state index is 0.186. The molecule has 0 amide bonds. The highest BCUT2D eigenvalue weighted by Crippen LogP contribution is 2.21. The van der Waals surface area contributed by atoms with Gasteiger partial charge in [-0.05, 0) is 49.8 Å². The van der Waals surface area contributed by atoms with Crippen molar-refractivity contribution in [3.63, 3.8) is 0 Å². The third kappa shape index (κ3) is 4.47. The van der Waals surface area contributed by atoms with E-state index in [1.165, 1.54) is 12.1 Å². The highest BCUT2D eigenvalue weighted by molar-refractivity contribution is 7.99. The van der Waals surface area contributed by atoms with Gasteiger partial charge in [-0.15, -0.1) is 0 Å². The van der Waals surface area contributed by atoms with Crippen LogP contribution in [0.3, 0.4) is 0 Å². The van der Waals surface area contributed by atoms with E-state index in [0.29, 0.717) is 22.9 Å². The van der Waals surface area contributed by atoms with E-state index >= 15 is 0 Å². The third-order valence-corrected chi connectivity index (χ3v) is 5.75. The average molecular weight is 305 g/mol. The number of aryl methyl sites for hydroxylation is 2. The fraction of sp³-hybridized carbons (Fsp3) is 0.538. The normalized spacial score (nSPS) is 13.5. The molecule has 0 aliphatic rings. The molecule has 0 bridgehead atoms. The minimum atomic E-state index is -3.57. The van der Waals surface area contributed by atoms with Crippen LogP contribution in [0.25, 0.3) is 0 Å². The van der Waals surface area contributed by atoms with Gasteiger partial charge in [-0.2, -0.15) is 11.8 Å². The van der Waals surface area contributed by atoms with Crippen LogP contribution in [-0.2, 0) is 10.0 Å². The Hall–Kier alpha value is -0.590. The number of halogens is 1. The van der Waals surface area contributed by atoms with Crippen molar-refractivity contribution in [3.05, 3.63) is 29.1 Å². The molecule has 0 aromatic heterocycles. The van der Waals surface area contributed by atoms with Crippen molar-refractivity contribution in [1.82, 2.24) is 4.72 Å². The molecule has 0 aliphatic carbocycles. The van der Waals surface area contributed by atoms with Gasteiger partial charge in [0.2, 0.25) is 10.0 Å². The van der Waals surface area contributed by atoms with E-state index in [0.717, 1.165) is 6.42 Å². The van der Waals surface area contributed by atoms with Gasteiger partial charge in [-0.3, -0.25) is 0 Å². The van der Waals surface area contributed by atoms with Gasteiger partial charge in [0.1, 0.15) is 5.82 Å². The second-order valence-corrected chi connectivity index (χ2v) is 7.58. The lowest BCUT2D eigenvalue weighted by Gasteiger charge is -2.13. The van der Waals surface area contributed by atoms with Gasteiger partial charge in [0.05, 0.1) is 4.90 Å². The molecule has 0 saturated carbocycles. The molecule has 0 radical (unpaired) electrons. The minimum Gasteiger partial charge on any atom is -0.211 e. The summed E-state index contributed by atoms with van der Waals surface area (Å²) in [5.74, 6) is -0.412. The first-order chi connectivity index (χ1) is 8.77. The molecule has 3 nitrogen and oxygen atoms in total. The number of thioether (sulfide) groups is 1. The van der Waals surface area contributed by atoms with Crippen molar-refractivity contribution in [3.8, 4) is 0 Å². The van der Waals surface area contributed by atoms with E-state index in [2.05, 4.69) is 4.72 Å². The largest absolute Gasteiger partial charge is 0.241 e. The summed E-state index contributed by atoms with van der Waals surface area (Å²) >= 11 is 1.70. The summed E-state index contributed by atoms with van der Waals surface area (Å²) in [6.45, 7) is 5.65. The second-order valence-electron chi connectivity index (χ2n) is 4.60. The fourth-order valence-corrected chi connectivity index (χ4v) is 3.76. The van der Waals surface area contributed by atoms with Gasteiger partial charge in [-0.25, -0.2) is 17.5 Å². The summed E-state index contributed by atoms with van der Waals surface area (Å²) < 4.78 is 40.2. The van der Waals surface area contributed by atoms with E-state index in [1.807, 2.05) is 13.2 Å². The number of rotatable bonds is 6. The van der Waals surface area contributed by atoms with Crippen molar-refractivity contribution in [2.24, 2.45) is 0 Å². The zero-order chi connectivity index (χ0) is 14.6. The van der Waals surface area contributed by atoms with E-state index in [9.17, 15) is 12.8 Å². The van der Waals surface area contributed by atoms with E-state index in [4.69, 9.17) is 0 Å². The highest BCUT2D eigenvalue weighted by atomic mass is 32.2. The summed E-state index contributed by atoms with van der Waals surface area (Å²) in [5, 5.41) is 0.401. The lowest BCUT2D eigenvalue weighted by Crippen LogP contribution is -2.27. The molecule has 0 fully saturated rings. The van der Waals surface area contributed by atoms with Crippen LogP contribution in [0, 0.1) is 19.7 Å². The molecule has 108 valence electrons. The molecule has 0 heterocycles. The summed E-state index contributed by atoms with van der Waals surface area (Å²) in [5.41, 5.74) is 0.867. The predicted molar refractivity (Wildman–Crippen MR) is 78.7 cm³/mol. The molecule has 6 heteroatoms. The molecule has 1 aromatic rings. The molecule has 0 aliphatic heterocycles. The van der Waals surface area contributed by atoms with Gasteiger partial charge in [-0.1, -0.05) is 6.92 Å². The molecule has 1 rings (SSSR count). The molecule has 1 atom stereocenters. The maximum Gasteiger partial charge on any atom is 0.241 e. The standard InChI is InChI=1S/C13H20FNO2S2/c1-9-7-12(14)8-10(2)13(9)19(16,17)15-6-5-11(3)18-4/h7-8,11,15H,5-6H2,1-4H3. The molecule has 0 saturated heterocycles. The quantitative estimate of drug-likeness (QED) is 0.879. The third-order valence-electron chi connectivity index (χ3n) is 2.94. The Morgan fingerprint density at radius 3 is 2.32 bits per heavy atom. The van der Waals surface area contributed by atoms with Crippen LogP contribution in [0.2, 0.25) is 0 Å². The highest BCUT2D eigenvalue weighted by Gasteiger charge is 2.20. The topological polar surface area (TPSA) is 46.2 Å². The van der Waals surface area contributed by atoms with Crippen LogP contribution in [-0.4, -0.2) is 26.5 Å². The van der Waals surface area contributed by atoms with Crippen molar-refractivity contribution in [1.29, 1.82) is 0 Å². The lowest BCUT2D eigenvalue weighted by atomic mass is 10.1. The Balaban J connectivity index is 2.89. The van der Waals surface area contributed by atoms with Crippen LogP contribution in [0.4, 0.5) is 4.39 Å². The summed E-state index contributed by atoms with van der Waals surface area (Å²) in [6, 6.07) is 2.48. The van der Waals surface area contributed by atoms with Crippen molar-refractivity contribution in [2.45, 2.75) is 37.3 Å². The van der Waals surface area contributed by atoms with E-state index in [1.54, 1.807) is 25.6 Å². The van der Waals surface area contributed by atoms with Crippen LogP contribution in [0.15, 0.2) is 17.0 Å². The first-order valence-electron chi connectivity index (χ1n) is 6.07. The maximum atomic E-state index is 13.2. The Bertz CT molecular complexity index is 521. The van der Waals surface area contributed by atoms with Gasteiger partial charge < -0.3 is 0 Å². The predicted octanol–water partition coefficient (Wildman–Crippen LogP) is 2.86.